The maximum absolute atomic E-state index is 13.0. The standard InChI is InChI=1S/C16H18INO2S.ClH/c17-15-9-5-8-14-13(15)7-6-10-16(14)21(19,20)18-11-3-1-2-4-12-18;/h5-10H,1-4,11-12H2;1H. The van der Waals surface area contributed by atoms with Crippen molar-refractivity contribution in [3.8, 4) is 0 Å². The zero-order valence-corrected chi connectivity index (χ0v) is 16.0. The molecule has 120 valence electrons. The van der Waals surface area contributed by atoms with Gasteiger partial charge in [0, 0.05) is 22.0 Å². The third-order valence-corrected chi connectivity index (χ3v) is 6.91. The fraction of sp³-hybridized carbons (Fsp3) is 0.375. The number of sulfonamides is 1. The topological polar surface area (TPSA) is 37.4 Å². The normalized spacial score (nSPS) is 17.0. The molecule has 0 aliphatic carbocycles. The molecule has 2 aromatic rings. The van der Waals surface area contributed by atoms with Gasteiger partial charge in [-0.1, -0.05) is 37.1 Å². The van der Waals surface area contributed by atoms with E-state index in [2.05, 4.69) is 22.6 Å². The number of nitrogens with zero attached hydrogens (tertiary/aromatic N) is 1. The van der Waals surface area contributed by atoms with Crippen molar-refractivity contribution >= 4 is 55.8 Å². The van der Waals surface area contributed by atoms with Crippen molar-refractivity contribution in [2.24, 2.45) is 0 Å². The monoisotopic (exact) mass is 451 g/mol. The molecule has 0 N–H and O–H groups in total. The van der Waals surface area contributed by atoms with E-state index in [4.69, 9.17) is 0 Å². The summed E-state index contributed by atoms with van der Waals surface area (Å²) in [5.41, 5.74) is 0. The van der Waals surface area contributed by atoms with Gasteiger partial charge in [-0.2, -0.15) is 4.31 Å². The number of halogens is 2. The molecule has 0 saturated carbocycles. The highest BCUT2D eigenvalue weighted by atomic mass is 127. The second-order valence-electron chi connectivity index (χ2n) is 5.41. The van der Waals surface area contributed by atoms with Gasteiger partial charge in [0.2, 0.25) is 10.0 Å². The SMILES string of the molecule is Cl.O=S(=O)(c1cccc2c(I)cccc12)N1CCCCCC1. The molecular formula is C16H19ClINO2S. The minimum Gasteiger partial charge on any atom is -0.207 e. The fourth-order valence-corrected chi connectivity index (χ4v) is 5.29. The Kier molecular flexibility index (Phi) is 6.10. The van der Waals surface area contributed by atoms with E-state index in [9.17, 15) is 8.42 Å². The highest BCUT2D eigenvalue weighted by Gasteiger charge is 2.26. The lowest BCUT2D eigenvalue weighted by molar-refractivity contribution is 0.424. The Labute approximate surface area is 151 Å². The van der Waals surface area contributed by atoms with E-state index in [-0.39, 0.29) is 12.4 Å². The number of benzene rings is 2. The number of rotatable bonds is 2. The molecule has 0 unspecified atom stereocenters. The molecule has 0 amide bonds. The zero-order chi connectivity index (χ0) is 14.9. The summed E-state index contributed by atoms with van der Waals surface area (Å²) in [7, 11) is -3.40. The van der Waals surface area contributed by atoms with Gasteiger partial charge in [0.05, 0.1) is 4.90 Å². The van der Waals surface area contributed by atoms with Crippen LogP contribution in [0.25, 0.3) is 10.8 Å². The Morgan fingerprint density at radius 3 is 2.14 bits per heavy atom. The van der Waals surface area contributed by atoms with Gasteiger partial charge in [-0.3, -0.25) is 0 Å². The molecule has 1 aliphatic rings. The molecule has 3 rings (SSSR count). The van der Waals surface area contributed by atoms with Gasteiger partial charge < -0.3 is 0 Å². The van der Waals surface area contributed by atoms with Gasteiger partial charge in [-0.25, -0.2) is 8.42 Å². The van der Waals surface area contributed by atoms with Crippen LogP contribution in [0.15, 0.2) is 41.3 Å². The second-order valence-corrected chi connectivity index (χ2v) is 8.48. The number of hydrogen-bond donors (Lipinski definition) is 0. The van der Waals surface area contributed by atoms with Gasteiger partial charge in [0.1, 0.15) is 0 Å². The molecule has 1 saturated heterocycles. The quantitative estimate of drug-likeness (QED) is 0.634. The molecule has 1 aliphatic heterocycles. The van der Waals surface area contributed by atoms with E-state index < -0.39 is 10.0 Å². The average molecular weight is 452 g/mol. The Hall–Kier alpha value is -0.370. The molecule has 22 heavy (non-hydrogen) atoms. The summed E-state index contributed by atoms with van der Waals surface area (Å²) >= 11 is 2.26. The van der Waals surface area contributed by atoms with Crippen LogP contribution in [-0.2, 0) is 10.0 Å². The van der Waals surface area contributed by atoms with Crippen molar-refractivity contribution in [3.63, 3.8) is 0 Å². The summed E-state index contributed by atoms with van der Waals surface area (Å²) in [6, 6.07) is 11.4. The zero-order valence-electron chi connectivity index (χ0n) is 12.2. The van der Waals surface area contributed by atoms with Crippen molar-refractivity contribution in [3.05, 3.63) is 40.0 Å². The first-order valence-electron chi connectivity index (χ1n) is 7.28. The minimum absolute atomic E-state index is 0. The molecule has 0 spiro atoms. The van der Waals surface area contributed by atoms with Crippen LogP contribution in [-0.4, -0.2) is 25.8 Å². The predicted molar refractivity (Wildman–Crippen MR) is 101 cm³/mol. The largest absolute Gasteiger partial charge is 0.243 e. The molecule has 2 aromatic carbocycles. The van der Waals surface area contributed by atoms with Gasteiger partial charge >= 0.3 is 0 Å². The van der Waals surface area contributed by atoms with E-state index in [0.717, 1.165) is 40.0 Å². The maximum Gasteiger partial charge on any atom is 0.243 e. The van der Waals surface area contributed by atoms with Crippen LogP contribution in [0, 0.1) is 3.57 Å². The van der Waals surface area contributed by atoms with Gasteiger partial charge in [0.15, 0.2) is 0 Å². The lowest BCUT2D eigenvalue weighted by Crippen LogP contribution is -2.32. The van der Waals surface area contributed by atoms with E-state index in [1.807, 2.05) is 30.3 Å². The second kappa shape index (κ2) is 7.47. The molecule has 3 nitrogen and oxygen atoms in total. The van der Waals surface area contributed by atoms with Crippen LogP contribution in [0.1, 0.15) is 25.7 Å². The first kappa shape index (κ1) is 18.0. The Morgan fingerprint density at radius 2 is 1.45 bits per heavy atom. The smallest absolute Gasteiger partial charge is 0.207 e. The van der Waals surface area contributed by atoms with Crippen molar-refractivity contribution in [2.75, 3.05) is 13.1 Å². The predicted octanol–water partition coefficient (Wildman–Crippen LogP) is 4.43. The van der Waals surface area contributed by atoms with Crippen LogP contribution < -0.4 is 0 Å². The van der Waals surface area contributed by atoms with Gasteiger partial charge in [-0.15, -0.1) is 12.4 Å². The van der Waals surface area contributed by atoms with Crippen LogP contribution in [0.5, 0.6) is 0 Å². The van der Waals surface area contributed by atoms with E-state index in [0.29, 0.717) is 18.0 Å². The number of hydrogen-bond acceptors (Lipinski definition) is 2. The van der Waals surface area contributed by atoms with Crippen molar-refractivity contribution in [2.45, 2.75) is 30.6 Å². The first-order valence-corrected chi connectivity index (χ1v) is 9.80. The van der Waals surface area contributed by atoms with E-state index >= 15 is 0 Å². The summed E-state index contributed by atoms with van der Waals surface area (Å²) in [5.74, 6) is 0. The summed E-state index contributed by atoms with van der Waals surface area (Å²) in [6.07, 6.45) is 4.17. The van der Waals surface area contributed by atoms with Crippen LogP contribution >= 0.6 is 35.0 Å². The Balaban J connectivity index is 0.00000176. The van der Waals surface area contributed by atoms with Crippen molar-refractivity contribution in [1.82, 2.24) is 4.31 Å². The highest BCUT2D eigenvalue weighted by Crippen LogP contribution is 2.29. The molecule has 0 aromatic heterocycles. The van der Waals surface area contributed by atoms with Crippen molar-refractivity contribution < 1.29 is 8.42 Å². The lowest BCUT2D eigenvalue weighted by atomic mass is 10.1. The lowest BCUT2D eigenvalue weighted by Gasteiger charge is -2.21. The summed E-state index contributed by atoms with van der Waals surface area (Å²) in [4.78, 5) is 0.445. The minimum atomic E-state index is -3.40. The van der Waals surface area contributed by atoms with Gasteiger partial charge in [-0.05, 0) is 53.0 Å². The molecule has 0 atom stereocenters. The summed E-state index contributed by atoms with van der Waals surface area (Å²) < 4.78 is 28.7. The first-order chi connectivity index (χ1) is 10.1. The number of fused-ring (bicyclic) bond motifs is 1. The fourth-order valence-electron chi connectivity index (χ4n) is 2.89. The summed E-state index contributed by atoms with van der Waals surface area (Å²) in [5, 5.41) is 1.84. The van der Waals surface area contributed by atoms with Crippen molar-refractivity contribution in [1.29, 1.82) is 0 Å². The maximum atomic E-state index is 13.0. The average Bonchev–Trinajstić information content (AvgIpc) is 2.77. The van der Waals surface area contributed by atoms with Crippen LogP contribution in [0.4, 0.5) is 0 Å². The Bertz CT molecular complexity index is 756. The summed E-state index contributed by atoms with van der Waals surface area (Å²) in [6.45, 7) is 1.28. The van der Waals surface area contributed by atoms with E-state index in [1.165, 1.54) is 0 Å². The third kappa shape index (κ3) is 3.42. The molecule has 6 heteroatoms. The Morgan fingerprint density at radius 1 is 0.864 bits per heavy atom. The molecule has 1 fully saturated rings. The van der Waals surface area contributed by atoms with E-state index in [1.54, 1.807) is 10.4 Å². The van der Waals surface area contributed by atoms with Gasteiger partial charge in [0.25, 0.3) is 0 Å². The molecule has 0 bridgehead atoms. The molecule has 0 radical (unpaired) electrons. The van der Waals surface area contributed by atoms with Crippen LogP contribution in [0.3, 0.4) is 0 Å². The molecular weight excluding hydrogens is 433 g/mol. The third-order valence-electron chi connectivity index (χ3n) is 4.01. The molecule has 1 heterocycles. The van der Waals surface area contributed by atoms with Crippen LogP contribution in [0.2, 0.25) is 0 Å². The highest BCUT2D eigenvalue weighted by molar-refractivity contribution is 14.1.